The van der Waals surface area contributed by atoms with Crippen LogP contribution < -0.4 is 9.47 Å². The molecule has 0 aliphatic heterocycles. The Bertz CT molecular complexity index is 1360. The van der Waals surface area contributed by atoms with Gasteiger partial charge in [0, 0.05) is 5.56 Å². The predicted octanol–water partition coefficient (Wildman–Crippen LogP) is 5.73. The number of ether oxygens (including phenoxy) is 2. The van der Waals surface area contributed by atoms with Crippen molar-refractivity contribution in [2.75, 3.05) is 0 Å². The third-order valence-corrected chi connectivity index (χ3v) is 5.10. The van der Waals surface area contributed by atoms with Gasteiger partial charge in [0.15, 0.2) is 5.60 Å². The van der Waals surface area contributed by atoms with Gasteiger partial charge in [0.1, 0.15) is 22.8 Å². The van der Waals surface area contributed by atoms with Crippen molar-refractivity contribution in [2.24, 2.45) is 0 Å². The molecule has 0 saturated heterocycles. The SMILES string of the molecule is Cc1cc(-c2nc3cnc(Oc4ccc(F)cc4Cl)nc3o2)cc(C)c1OC(C)(C)C(=O)O. The van der Waals surface area contributed by atoms with Gasteiger partial charge < -0.3 is 19.0 Å². The third-order valence-electron chi connectivity index (χ3n) is 4.80. The van der Waals surface area contributed by atoms with Crippen LogP contribution in [0.5, 0.6) is 17.5 Å². The van der Waals surface area contributed by atoms with Crippen LogP contribution in [0.15, 0.2) is 40.9 Å². The van der Waals surface area contributed by atoms with Gasteiger partial charge in [0.25, 0.3) is 5.71 Å². The minimum atomic E-state index is -1.38. The van der Waals surface area contributed by atoms with Crippen LogP contribution >= 0.6 is 11.6 Å². The Morgan fingerprint density at radius 2 is 1.85 bits per heavy atom. The molecule has 2 aromatic heterocycles. The van der Waals surface area contributed by atoms with Crippen LogP contribution in [-0.4, -0.2) is 31.6 Å². The number of aliphatic carboxylic acids is 1. The number of oxazole rings is 1. The molecule has 0 aliphatic carbocycles. The maximum atomic E-state index is 13.2. The van der Waals surface area contributed by atoms with Crippen molar-refractivity contribution >= 4 is 28.8 Å². The van der Waals surface area contributed by atoms with Gasteiger partial charge in [-0.25, -0.2) is 19.2 Å². The van der Waals surface area contributed by atoms with Crippen molar-refractivity contribution < 1.29 is 28.2 Å². The van der Waals surface area contributed by atoms with Gasteiger partial charge in [-0.2, -0.15) is 4.98 Å². The van der Waals surface area contributed by atoms with Crippen molar-refractivity contribution in [1.29, 1.82) is 0 Å². The van der Waals surface area contributed by atoms with Crippen molar-refractivity contribution in [1.82, 2.24) is 15.0 Å². The number of rotatable bonds is 6. The lowest BCUT2D eigenvalue weighted by atomic mass is 10.0. The number of hydrogen-bond donors (Lipinski definition) is 1. The summed E-state index contributed by atoms with van der Waals surface area (Å²) in [5.74, 6) is -0.580. The number of fused-ring (bicyclic) bond motifs is 1. The molecule has 10 heteroatoms. The van der Waals surface area contributed by atoms with Crippen LogP contribution in [0.1, 0.15) is 25.0 Å². The van der Waals surface area contributed by atoms with E-state index in [0.29, 0.717) is 22.7 Å². The Morgan fingerprint density at radius 3 is 2.48 bits per heavy atom. The highest BCUT2D eigenvalue weighted by molar-refractivity contribution is 6.32. The monoisotopic (exact) mass is 471 g/mol. The van der Waals surface area contributed by atoms with E-state index in [4.69, 9.17) is 25.5 Å². The Kier molecular flexibility index (Phi) is 5.67. The molecule has 0 fully saturated rings. The topological polar surface area (TPSA) is 108 Å². The highest BCUT2D eigenvalue weighted by atomic mass is 35.5. The second-order valence-corrected chi connectivity index (χ2v) is 8.30. The van der Waals surface area contributed by atoms with E-state index in [1.807, 2.05) is 13.8 Å². The van der Waals surface area contributed by atoms with E-state index in [1.54, 1.807) is 12.1 Å². The summed E-state index contributed by atoms with van der Waals surface area (Å²) < 4.78 is 30.3. The largest absolute Gasteiger partial charge is 0.478 e. The highest BCUT2D eigenvalue weighted by Gasteiger charge is 2.30. The second-order valence-electron chi connectivity index (χ2n) is 7.90. The van der Waals surface area contributed by atoms with E-state index in [9.17, 15) is 14.3 Å². The van der Waals surface area contributed by atoms with E-state index in [2.05, 4.69) is 15.0 Å². The molecular weight excluding hydrogens is 453 g/mol. The summed E-state index contributed by atoms with van der Waals surface area (Å²) in [4.78, 5) is 24.1. The van der Waals surface area contributed by atoms with Gasteiger partial charge in [0.2, 0.25) is 5.89 Å². The first-order valence-corrected chi connectivity index (χ1v) is 10.2. The Hall–Kier alpha value is -3.72. The predicted molar refractivity (Wildman–Crippen MR) is 118 cm³/mol. The van der Waals surface area contributed by atoms with Gasteiger partial charge in [-0.05, 0) is 69.2 Å². The second kappa shape index (κ2) is 8.32. The molecule has 33 heavy (non-hydrogen) atoms. The molecule has 1 N–H and O–H groups in total. The first kappa shape index (κ1) is 22.5. The van der Waals surface area contributed by atoms with E-state index >= 15 is 0 Å². The first-order valence-electron chi connectivity index (χ1n) is 9.84. The number of carboxylic acid groups (broad SMARTS) is 1. The lowest BCUT2D eigenvalue weighted by Gasteiger charge is -2.24. The van der Waals surface area contributed by atoms with Crippen molar-refractivity contribution in [3.63, 3.8) is 0 Å². The van der Waals surface area contributed by atoms with E-state index < -0.39 is 17.4 Å². The van der Waals surface area contributed by atoms with Gasteiger partial charge in [-0.3, -0.25) is 0 Å². The van der Waals surface area contributed by atoms with Gasteiger partial charge in [-0.1, -0.05) is 11.6 Å². The van der Waals surface area contributed by atoms with Crippen LogP contribution in [0.3, 0.4) is 0 Å². The fourth-order valence-corrected chi connectivity index (χ4v) is 3.29. The number of aromatic nitrogens is 3. The molecule has 4 aromatic rings. The molecular formula is C23H19ClFN3O5. The van der Waals surface area contributed by atoms with Gasteiger partial charge >= 0.3 is 12.0 Å². The van der Waals surface area contributed by atoms with Gasteiger partial charge in [0.05, 0.1) is 11.2 Å². The molecule has 0 unspecified atom stereocenters. The molecule has 0 saturated carbocycles. The zero-order valence-electron chi connectivity index (χ0n) is 18.1. The number of carboxylic acids is 1. The quantitative estimate of drug-likeness (QED) is 0.380. The Labute approximate surface area is 193 Å². The minimum absolute atomic E-state index is 0.0364. The average molecular weight is 472 g/mol. The lowest BCUT2D eigenvalue weighted by Crippen LogP contribution is -2.38. The number of hydrogen-bond acceptors (Lipinski definition) is 7. The fourth-order valence-electron chi connectivity index (χ4n) is 3.08. The molecule has 8 nitrogen and oxygen atoms in total. The standard InChI is InChI=1S/C23H19ClFN3O5/c1-11-7-13(8-12(2)18(11)33-23(3,4)21(29)30)19-27-16-10-26-22(28-20(16)32-19)31-17-6-5-14(25)9-15(17)24/h5-10H,1-4H3,(H,29,30). The molecule has 2 heterocycles. The molecule has 0 aliphatic rings. The van der Waals surface area contributed by atoms with E-state index in [1.165, 1.54) is 32.2 Å². The summed E-state index contributed by atoms with van der Waals surface area (Å²) in [6.07, 6.45) is 1.44. The summed E-state index contributed by atoms with van der Waals surface area (Å²) >= 11 is 5.98. The maximum absolute atomic E-state index is 13.2. The molecule has 0 amide bonds. The number of carbonyl (C=O) groups is 1. The van der Waals surface area contributed by atoms with E-state index in [0.717, 1.165) is 17.2 Å². The zero-order valence-corrected chi connectivity index (χ0v) is 18.9. The van der Waals surface area contributed by atoms with Crippen LogP contribution in [0.4, 0.5) is 4.39 Å². The van der Waals surface area contributed by atoms with Crippen molar-refractivity contribution in [2.45, 2.75) is 33.3 Å². The molecule has 170 valence electrons. The maximum Gasteiger partial charge on any atom is 0.347 e. The summed E-state index contributed by atoms with van der Waals surface area (Å²) in [6.45, 7) is 6.59. The molecule has 0 bridgehead atoms. The van der Waals surface area contributed by atoms with Crippen LogP contribution in [-0.2, 0) is 4.79 Å². The van der Waals surface area contributed by atoms with Gasteiger partial charge in [-0.15, -0.1) is 0 Å². The number of nitrogens with zero attached hydrogens (tertiary/aromatic N) is 3. The number of aryl methyl sites for hydroxylation is 2. The third kappa shape index (κ3) is 4.58. The molecule has 0 radical (unpaired) electrons. The number of benzene rings is 2. The fraction of sp³-hybridized carbons (Fsp3) is 0.217. The van der Waals surface area contributed by atoms with E-state index in [-0.39, 0.29) is 22.5 Å². The number of halogens is 2. The smallest absolute Gasteiger partial charge is 0.347 e. The lowest BCUT2D eigenvalue weighted by molar-refractivity contribution is -0.152. The Balaban J connectivity index is 1.64. The molecule has 4 rings (SSSR count). The molecule has 2 aromatic carbocycles. The summed E-state index contributed by atoms with van der Waals surface area (Å²) in [6, 6.07) is 7.24. The van der Waals surface area contributed by atoms with Crippen LogP contribution in [0.25, 0.3) is 22.7 Å². The summed E-state index contributed by atoms with van der Waals surface area (Å²) in [7, 11) is 0. The van der Waals surface area contributed by atoms with Crippen molar-refractivity contribution in [3.8, 4) is 29.0 Å². The molecule has 0 spiro atoms. The average Bonchev–Trinajstić information content (AvgIpc) is 3.16. The summed E-state index contributed by atoms with van der Waals surface area (Å²) in [5.41, 5.74) is 1.33. The zero-order chi connectivity index (χ0) is 23.9. The summed E-state index contributed by atoms with van der Waals surface area (Å²) in [5, 5.41) is 9.42. The van der Waals surface area contributed by atoms with Crippen molar-refractivity contribution in [3.05, 3.63) is 58.5 Å². The molecule has 0 atom stereocenters. The van der Waals surface area contributed by atoms with Crippen LogP contribution in [0, 0.1) is 19.7 Å². The first-order chi connectivity index (χ1) is 15.5. The normalized spacial score (nSPS) is 11.6. The minimum Gasteiger partial charge on any atom is -0.478 e. The Morgan fingerprint density at radius 1 is 1.15 bits per heavy atom. The van der Waals surface area contributed by atoms with Crippen LogP contribution in [0.2, 0.25) is 5.02 Å². The highest BCUT2D eigenvalue weighted by Crippen LogP contribution is 2.34.